The molecule has 12 heavy (non-hydrogen) atoms. The highest BCUT2D eigenvalue weighted by Crippen LogP contribution is 2.40. The second-order valence-corrected chi connectivity index (χ2v) is 4.28. The Kier molecular flexibility index (Phi) is 2.43. The highest BCUT2D eigenvalue weighted by molar-refractivity contribution is 4.85. The van der Waals surface area contributed by atoms with Crippen LogP contribution in [0.1, 0.15) is 39.5 Å². The third-order valence-electron chi connectivity index (χ3n) is 2.72. The summed E-state index contributed by atoms with van der Waals surface area (Å²) >= 11 is 0. The Morgan fingerprint density at radius 1 is 1.25 bits per heavy atom. The highest BCUT2D eigenvalue weighted by Gasteiger charge is 2.39. The Bertz CT molecular complexity index is 150. The summed E-state index contributed by atoms with van der Waals surface area (Å²) in [6.45, 7) is 3.39. The largest absolute Gasteiger partial charge is 0.390 e. The number of alkyl halides is 2. The van der Waals surface area contributed by atoms with Crippen molar-refractivity contribution in [2.75, 3.05) is 0 Å². The van der Waals surface area contributed by atoms with Crippen molar-refractivity contribution < 1.29 is 13.9 Å². The maximum absolute atomic E-state index is 12.7. The van der Waals surface area contributed by atoms with Crippen molar-refractivity contribution in [2.24, 2.45) is 5.92 Å². The van der Waals surface area contributed by atoms with Crippen LogP contribution in [0.5, 0.6) is 0 Å². The summed E-state index contributed by atoms with van der Waals surface area (Å²) in [5, 5.41) is 9.57. The molecule has 1 aliphatic rings. The van der Waals surface area contributed by atoms with Crippen LogP contribution in [-0.4, -0.2) is 16.6 Å². The Balaban J connectivity index is 2.47. The van der Waals surface area contributed by atoms with Gasteiger partial charge in [-0.2, -0.15) is 0 Å². The van der Waals surface area contributed by atoms with Crippen LogP contribution in [0.15, 0.2) is 0 Å². The van der Waals surface area contributed by atoms with Gasteiger partial charge >= 0.3 is 0 Å². The summed E-state index contributed by atoms with van der Waals surface area (Å²) in [5.74, 6) is -2.45. The fraction of sp³-hybridized carbons (Fsp3) is 1.00. The maximum atomic E-state index is 12.7. The molecule has 0 aromatic rings. The molecule has 72 valence electrons. The molecule has 1 N–H and O–H groups in total. The van der Waals surface area contributed by atoms with Gasteiger partial charge in [0, 0.05) is 12.8 Å². The van der Waals surface area contributed by atoms with Gasteiger partial charge in [-0.05, 0) is 32.6 Å². The van der Waals surface area contributed by atoms with Crippen LogP contribution in [0.25, 0.3) is 0 Å². The van der Waals surface area contributed by atoms with Crippen LogP contribution < -0.4 is 0 Å². The van der Waals surface area contributed by atoms with Gasteiger partial charge in [-0.25, -0.2) is 8.78 Å². The van der Waals surface area contributed by atoms with Gasteiger partial charge in [0.2, 0.25) is 5.92 Å². The summed E-state index contributed by atoms with van der Waals surface area (Å²) in [7, 11) is 0. The quantitative estimate of drug-likeness (QED) is 0.654. The summed E-state index contributed by atoms with van der Waals surface area (Å²) in [4.78, 5) is 0. The number of rotatable bonds is 1. The predicted molar refractivity (Wildman–Crippen MR) is 43.2 cm³/mol. The van der Waals surface area contributed by atoms with E-state index in [1.54, 1.807) is 13.8 Å². The molecule has 1 rings (SSSR count). The van der Waals surface area contributed by atoms with Crippen LogP contribution in [0.2, 0.25) is 0 Å². The minimum absolute atomic E-state index is 0.0390. The standard InChI is InChI=1S/C9H16F2O/c1-8(2,12)7-3-5-9(10,11)6-4-7/h7,12H,3-6H2,1-2H3. The van der Waals surface area contributed by atoms with Crippen molar-refractivity contribution in [1.29, 1.82) is 0 Å². The van der Waals surface area contributed by atoms with Gasteiger partial charge in [0.15, 0.2) is 0 Å². The van der Waals surface area contributed by atoms with Crippen LogP contribution in [0.4, 0.5) is 8.78 Å². The normalized spacial score (nSPS) is 25.8. The Morgan fingerprint density at radius 3 is 2.00 bits per heavy atom. The number of aliphatic hydroxyl groups is 1. The molecule has 1 aliphatic carbocycles. The third kappa shape index (κ3) is 2.41. The molecule has 0 saturated heterocycles. The molecule has 0 aromatic heterocycles. The van der Waals surface area contributed by atoms with Gasteiger partial charge in [-0.15, -0.1) is 0 Å². The lowest BCUT2D eigenvalue weighted by Gasteiger charge is -2.35. The van der Waals surface area contributed by atoms with E-state index < -0.39 is 11.5 Å². The topological polar surface area (TPSA) is 20.2 Å². The van der Waals surface area contributed by atoms with E-state index in [1.807, 2.05) is 0 Å². The molecule has 1 saturated carbocycles. The van der Waals surface area contributed by atoms with Crippen LogP contribution in [-0.2, 0) is 0 Å². The summed E-state index contributed by atoms with van der Waals surface area (Å²) in [6, 6.07) is 0. The van der Waals surface area contributed by atoms with Crippen LogP contribution in [0.3, 0.4) is 0 Å². The Morgan fingerprint density at radius 2 is 1.67 bits per heavy atom. The fourth-order valence-electron chi connectivity index (χ4n) is 1.75. The van der Waals surface area contributed by atoms with E-state index in [2.05, 4.69) is 0 Å². The van der Waals surface area contributed by atoms with Gasteiger partial charge in [0.1, 0.15) is 0 Å². The molecule has 0 aromatic carbocycles. The summed E-state index contributed by atoms with van der Waals surface area (Å²) in [6.07, 6.45) is 0.746. The van der Waals surface area contributed by atoms with E-state index in [0.29, 0.717) is 12.8 Å². The zero-order valence-corrected chi connectivity index (χ0v) is 7.61. The van der Waals surface area contributed by atoms with Crippen molar-refractivity contribution in [1.82, 2.24) is 0 Å². The Hall–Kier alpha value is -0.180. The fourth-order valence-corrected chi connectivity index (χ4v) is 1.75. The van der Waals surface area contributed by atoms with Crippen molar-refractivity contribution in [3.8, 4) is 0 Å². The summed E-state index contributed by atoms with van der Waals surface area (Å²) in [5.41, 5.74) is -0.795. The molecular weight excluding hydrogens is 162 g/mol. The lowest BCUT2D eigenvalue weighted by atomic mass is 9.77. The minimum atomic E-state index is -2.48. The van der Waals surface area contributed by atoms with E-state index in [-0.39, 0.29) is 18.8 Å². The molecular formula is C9H16F2O. The minimum Gasteiger partial charge on any atom is -0.390 e. The zero-order valence-electron chi connectivity index (χ0n) is 7.61. The van der Waals surface area contributed by atoms with Crippen LogP contribution >= 0.6 is 0 Å². The molecule has 0 atom stereocenters. The second kappa shape index (κ2) is 2.95. The summed E-state index contributed by atoms with van der Waals surface area (Å²) < 4.78 is 25.4. The van der Waals surface area contributed by atoms with Crippen molar-refractivity contribution in [3.63, 3.8) is 0 Å². The SMILES string of the molecule is CC(C)(O)C1CCC(F)(F)CC1. The van der Waals surface area contributed by atoms with Gasteiger partial charge < -0.3 is 5.11 Å². The van der Waals surface area contributed by atoms with Crippen LogP contribution in [0, 0.1) is 5.92 Å². The van der Waals surface area contributed by atoms with Gasteiger partial charge in [0.25, 0.3) is 0 Å². The van der Waals surface area contributed by atoms with E-state index in [1.165, 1.54) is 0 Å². The van der Waals surface area contributed by atoms with E-state index in [4.69, 9.17) is 0 Å². The van der Waals surface area contributed by atoms with E-state index in [0.717, 1.165) is 0 Å². The molecule has 3 heteroatoms. The number of halogens is 2. The Labute approximate surface area is 71.8 Å². The van der Waals surface area contributed by atoms with Crippen molar-refractivity contribution in [2.45, 2.75) is 51.1 Å². The average Bonchev–Trinajstić information content (AvgIpc) is 1.83. The highest BCUT2D eigenvalue weighted by atomic mass is 19.3. The van der Waals surface area contributed by atoms with Gasteiger partial charge in [-0.3, -0.25) is 0 Å². The van der Waals surface area contributed by atoms with Gasteiger partial charge in [-0.1, -0.05) is 0 Å². The van der Waals surface area contributed by atoms with Crippen molar-refractivity contribution in [3.05, 3.63) is 0 Å². The first-order valence-electron chi connectivity index (χ1n) is 4.41. The molecule has 1 nitrogen and oxygen atoms in total. The molecule has 0 aliphatic heterocycles. The molecule has 0 spiro atoms. The van der Waals surface area contributed by atoms with E-state index >= 15 is 0 Å². The molecule has 0 amide bonds. The predicted octanol–water partition coefficient (Wildman–Crippen LogP) is 2.58. The smallest absolute Gasteiger partial charge is 0.248 e. The number of hydrogen-bond acceptors (Lipinski definition) is 1. The zero-order chi connectivity index (χ0) is 9.41. The lowest BCUT2D eigenvalue weighted by molar-refractivity contribution is -0.0817. The molecule has 0 heterocycles. The maximum Gasteiger partial charge on any atom is 0.248 e. The number of hydrogen-bond donors (Lipinski definition) is 1. The first-order valence-corrected chi connectivity index (χ1v) is 4.41. The van der Waals surface area contributed by atoms with E-state index in [9.17, 15) is 13.9 Å². The molecule has 0 radical (unpaired) electrons. The monoisotopic (exact) mass is 178 g/mol. The van der Waals surface area contributed by atoms with Crippen molar-refractivity contribution >= 4 is 0 Å². The molecule has 0 unspecified atom stereocenters. The third-order valence-corrected chi connectivity index (χ3v) is 2.72. The van der Waals surface area contributed by atoms with Gasteiger partial charge in [0.05, 0.1) is 5.60 Å². The first-order chi connectivity index (χ1) is 5.31. The second-order valence-electron chi connectivity index (χ2n) is 4.28. The molecule has 0 bridgehead atoms. The first kappa shape index (κ1) is 9.90. The average molecular weight is 178 g/mol. The lowest BCUT2D eigenvalue weighted by Crippen LogP contribution is -2.36. The molecule has 1 fully saturated rings.